The smallest absolute Gasteiger partial charge is 0.277 e. The average Bonchev–Trinajstić information content (AvgIpc) is 3.33. The highest BCUT2D eigenvalue weighted by atomic mass is 32.1. The van der Waals surface area contributed by atoms with Crippen LogP contribution in [0, 0.1) is 19.8 Å². The third kappa shape index (κ3) is 4.35. The fourth-order valence-electron chi connectivity index (χ4n) is 4.52. The summed E-state index contributed by atoms with van der Waals surface area (Å²) in [6.45, 7) is 6.00. The van der Waals surface area contributed by atoms with E-state index in [1.807, 2.05) is 54.8 Å². The van der Waals surface area contributed by atoms with Gasteiger partial charge in [0.1, 0.15) is 4.70 Å². The van der Waals surface area contributed by atoms with Crippen molar-refractivity contribution in [2.75, 3.05) is 18.0 Å². The van der Waals surface area contributed by atoms with Gasteiger partial charge in [0.2, 0.25) is 11.9 Å². The van der Waals surface area contributed by atoms with Gasteiger partial charge in [0.05, 0.1) is 11.2 Å². The van der Waals surface area contributed by atoms with Gasteiger partial charge in [-0.15, -0.1) is 11.3 Å². The van der Waals surface area contributed by atoms with Crippen LogP contribution in [0.5, 0.6) is 0 Å². The van der Waals surface area contributed by atoms with Crippen LogP contribution in [0.15, 0.2) is 64.8 Å². The van der Waals surface area contributed by atoms with Crippen LogP contribution >= 0.6 is 11.3 Å². The molecule has 6 nitrogen and oxygen atoms in total. The van der Waals surface area contributed by atoms with Crippen LogP contribution in [0.3, 0.4) is 0 Å². The van der Waals surface area contributed by atoms with Crippen LogP contribution in [-0.2, 0) is 11.3 Å². The van der Waals surface area contributed by atoms with Crippen LogP contribution in [0.25, 0.3) is 15.9 Å². The minimum absolute atomic E-state index is 0.0373. The van der Waals surface area contributed by atoms with Gasteiger partial charge in [-0.05, 0) is 61.4 Å². The molecule has 2 aromatic heterocycles. The van der Waals surface area contributed by atoms with Crippen molar-refractivity contribution in [1.29, 1.82) is 0 Å². The number of amides is 1. The Bertz CT molecular complexity index is 1380. The highest BCUT2D eigenvalue weighted by Gasteiger charge is 2.28. The average molecular weight is 473 g/mol. The number of benzene rings is 2. The lowest BCUT2D eigenvalue weighted by Gasteiger charge is -2.33. The Hall–Kier alpha value is -3.45. The van der Waals surface area contributed by atoms with Crippen LogP contribution in [0.2, 0.25) is 0 Å². The number of aromatic nitrogens is 2. The number of rotatable bonds is 5. The van der Waals surface area contributed by atoms with E-state index >= 15 is 0 Å². The van der Waals surface area contributed by atoms with E-state index in [1.165, 1.54) is 16.9 Å². The first kappa shape index (κ1) is 22.3. The van der Waals surface area contributed by atoms with E-state index in [-0.39, 0.29) is 17.4 Å². The van der Waals surface area contributed by atoms with Crippen molar-refractivity contribution in [3.8, 4) is 5.69 Å². The molecule has 1 aliphatic rings. The van der Waals surface area contributed by atoms with Gasteiger partial charge in [0.15, 0.2) is 0 Å². The van der Waals surface area contributed by atoms with Gasteiger partial charge in [-0.2, -0.15) is 0 Å². The second kappa shape index (κ2) is 9.43. The number of nitrogens with one attached hydrogen (secondary N) is 1. The third-order valence-corrected chi connectivity index (χ3v) is 7.51. The van der Waals surface area contributed by atoms with Gasteiger partial charge < -0.3 is 10.2 Å². The Morgan fingerprint density at radius 2 is 1.79 bits per heavy atom. The predicted octanol–water partition coefficient (Wildman–Crippen LogP) is 4.60. The largest absolute Gasteiger partial charge is 0.352 e. The molecule has 3 heterocycles. The maximum Gasteiger partial charge on any atom is 0.277 e. The lowest BCUT2D eigenvalue weighted by atomic mass is 9.96. The van der Waals surface area contributed by atoms with Crippen molar-refractivity contribution in [1.82, 2.24) is 14.9 Å². The molecule has 5 rings (SSSR count). The Morgan fingerprint density at radius 1 is 1.06 bits per heavy atom. The number of anilines is 1. The summed E-state index contributed by atoms with van der Waals surface area (Å²) in [4.78, 5) is 33.3. The molecule has 0 aliphatic carbocycles. The molecule has 4 aromatic rings. The van der Waals surface area contributed by atoms with Crippen molar-refractivity contribution < 1.29 is 4.79 Å². The lowest BCUT2D eigenvalue weighted by Crippen LogP contribution is -2.42. The summed E-state index contributed by atoms with van der Waals surface area (Å²) < 4.78 is 2.38. The number of fused-ring (bicyclic) bond motifs is 1. The zero-order chi connectivity index (χ0) is 23.7. The number of nitrogens with zero attached hydrogens (tertiary/aromatic N) is 3. The molecule has 1 aliphatic heterocycles. The first-order valence-corrected chi connectivity index (χ1v) is 12.5. The molecule has 174 valence electrons. The molecule has 0 radical (unpaired) electrons. The number of hydrogen-bond donors (Lipinski definition) is 1. The molecule has 0 unspecified atom stereocenters. The Kier molecular flexibility index (Phi) is 6.20. The highest BCUT2D eigenvalue weighted by molar-refractivity contribution is 7.17. The molecule has 1 saturated heterocycles. The van der Waals surface area contributed by atoms with Crippen molar-refractivity contribution in [2.24, 2.45) is 5.92 Å². The number of carbonyl (C=O) groups is 1. The van der Waals surface area contributed by atoms with Gasteiger partial charge in [0, 0.05) is 25.6 Å². The second-order valence-corrected chi connectivity index (χ2v) is 9.84. The molecular weight excluding hydrogens is 444 g/mol. The van der Waals surface area contributed by atoms with Crippen LogP contribution < -0.4 is 15.8 Å². The number of carbonyl (C=O) groups excluding carboxylic acids is 1. The topological polar surface area (TPSA) is 67.2 Å². The molecule has 0 saturated carbocycles. The van der Waals surface area contributed by atoms with Crippen LogP contribution in [0.4, 0.5) is 5.95 Å². The summed E-state index contributed by atoms with van der Waals surface area (Å²) in [5.41, 5.74) is 4.96. The number of hydrogen-bond acceptors (Lipinski definition) is 5. The number of piperidine rings is 1. The van der Waals surface area contributed by atoms with Crippen molar-refractivity contribution in [3.05, 3.63) is 87.0 Å². The van der Waals surface area contributed by atoms with Crippen molar-refractivity contribution >= 4 is 33.4 Å². The normalized spacial score (nSPS) is 14.5. The standard InChI is InChI=1S/C27H28N4O2S/c1-18-7-9-22(10-8-18)31-26(33)24-23(13-16-34-24)29-27(31)30-14-11-20(12-15-30)25(32)28-17-21-6-4-3-5-19(21)2/h3-10,13,16,20H,11-12,14-15,17H2,1-2H3,(H,28,32). The van der Waals surface area contributed by atoms with Gasteiger partial charge in [-0.1, -0.05) is 42.0 Å². The lowest BCUT2D eigenvalue weighted by molar-refractivity contribution is -0.125. The summed E-state index contributed by atoms with van der Waals surface area (Å²) in [6.07, 6.45) is 1.45. The molecule has 7 heteroatoms. The van der Waals surface area contributed by atoms with E-state index in [9.17, 15) is 9.59 Å². The van der Waals surface area contributed by atoms with Gasteiger partial charge >= 0.3 is 0 Å². The van der Waals surface area contributed by atoms with Gasteiger partial charge in [-0.3, -0.25) is 9.59 Å². The zero-order valence-electron chi connectivity index (χ0n) is 19.5. The predicted molar refractivity (Wildman–Crippen MR) is 138 cm³/mol. The molecule has 0 spiro atoms. The number of thiophene rings is 1. The third-order valence-electron chi connectivity index (χ3n) is 6.62. The minimum atomic E-state index is -0.0445. The van der Waals surface area contributed by atoms with E-state index in [4.69, 9.17) is 4.98 Å². The Labute approximate surface area is 202 Å². The van der Waals surface area contributed by atoms with Gasteiger partial charge in [-0.25, -0.2) is 9.55 Å². The van der Waals surface area contributed by atoms with Gasteiger partial charge in [0.25, 0.3) is 5.56 Å². The molecule has 2 aromatic carbocycles. The Balaban J connectivity index is 1.35. The van der Waals surface area contributed by atoms with E-state index < -0.39 is 0 Å². The molecular formula is C27H28N4O2S. The molecule has 0 bridgehead atoms. The molecule has 1 N–H and O–H groups in total. The van der Waals surface area contributed by atoms with Crippen molar-refractivity contribution in [3.63, 3.8) is 0 Å². The van der Waals surface area contributed by atoms with Crippen LogP contribution in [0.1, 0.15) is 29.5 Å². The van der Waals surface area contributed by atoms with Crippen LogP contribution in [-0.4, -0.2) is 28.5 Å². The summed E-state index contributed by atoms with van der Waals surface area (Å²) in [5, 5.41) is 5.02. The van der Waals surface area contributed by atoms with E-state index in [0.717, 1.165) is 35.2 Å². The van der Waals surface area contributed by atoms with E-state index in [1.54, 1.807) is 4.57 Å². The number of aryl methyl sites for hydroxylation is 2. The summed E-state index contributed by atoms with van der Waals surface area (Å²) in [5.74, 6) is 0.711. The second-order valence-electron chi connectivity index (χ2n) is 8.93. The molecule has 1 amide bonds. The Morgan fingerprint density at radius 3 is 2.53 bits per heavy atom. The maximum atomic E-state index is 13.4. The molecule has 0 atom stereocenters. The van der Waals surface area contributed by atoms with Crippen molar-refractivity contribution in [2.45, 2.75) is 33.2 Å². The monoisotopic (exact) mass is 472 g/mol. The molecule has 34 heavy (non-hydrogen) atoms. The summed E-state index contributed by atoms with van der Waals surface area (Å²) >= 11 is 1.42. The maximum absolute atomic E-state index is 13.4. The molecule has 1 fully saturated rings. The van der Waals surface area contributed by atoms with E-state index in [0.29, 0.717) is 30.3 Å². The minimum Gasteiger partial charge on any atom is -0.352 e. The first-order valence-electron chi connectivity index (χ1n) is 11.7. The summed E-state index contributed by atoms with van der Waals surface area (Å²) in [6, 6.07) is 18.0. The first-order chi connectivity index (χ1) is 16.5. The fourth-order valence-corrected chi connectivity index (χ4v) is 5.28. The quantitative estimate of drug-likeness (QED) is 0.461. The fraction of sp³-hybridized carbons (Fsp3) is 0.296. The van der Waals surface area contributed by atoms with E-state index in [2.05, 4.69) is 29.3 Å². The summed E-state index contributed by atoms with van der Waals surface area (Å²) in [7, 11) is 0. The zero-order valence-corrected chi connectivity index (χ0v) is 20.3. The SMILES string of the molecule is Cc1ccc(-n2c(N3CCC(C(=O)NCc4ccccc4C)CC3)nc3ccsc3c2=O)cc1. The highest BCUT2D eigenvalue weighted by Crippen LogP contribution is 2.26.